The van der Waals surface area contributed by atoms with E-state index in [4.69, 9.17) is 0 Å². The summed E-state index contributed by atoms with van der Waals surface area (Å²) in [7, 11) is 0. The molecule has 5 heteroatoms. The number of H-pyrrole nitrogens is 1. The van der Waals surface area contributed by atoms with Crippen LogP contribution in [0.1, 0.15) is 52.5 Å². The molecule has 5 nitrogen and oxygen atoms in total. The van der Waals surface area contributed by atoms with E-state index in [1.807, 2.05) is 24.3 Å². The van der Waals surface area contributed by atoms with Gasteiger partial charge in [-0.2, -0.15) is 10.2 Å². The molecule has 0 fully saturated rings. The largest absolute Gasteiger partial charge is 0.289 e. The maximum atomic E-state index is 12.2. The molecule has 0 saturated heterocycles. The van der Waals surface area contributed by atoms with E-state index in [1.54, 1.807) is 12.3 Å². The molecule has 1 amide bonds. The van der Waals surface area contributed by atoms with Crippen LogP contribution in [0, 0.1) is 13.8 Å². The molecule has 2 aromatic carbocycles. The Labute approximate surface area is 159 Å². The van der Waals surface area contributed by atoms with E-state index < -0.39 is 0 Å². The van der Waals surface area contributed by atoms with Crippen LogP contribution in [0.4, 0.5) is 0 Å². The number of nitrogens with zero attached hydrogens (tertiary/aromatic N) is 2. The Morgan fingerprint density at radius 1 is 1.07 bits per heavy atom. The smallest absolute Gasteiger partial charge is 0.272 e. The van der Waals surface area contributed by atoms with Crippen molar-refractivity contribution in [3.05, 3.63) is 76.5 Å². The Morgan fingerprint density at radius 3 is 2.48 bits per heavy atom. The van der Waals surface area contributed by atoms with Crippen molar-refractivity contribution in [2.45, 2.75) is 33.6 Å². The maximum absolute atomic E-state index is 12.2. The van der Waals surface area contributed by atoms with E-state index in [9.17, 15) is 4.79 Å². The van der Waals surface area contributed by atoms with E-state index in [0.717, 1.165) is 16.8 Å². The summed E-state index contributed by atoms with van der Waals surface area (Å²) in [6.07, 6.45) is 1.63. The lowest BCUT2D eigenvalue weighted by molar-refractivity contribution is 0.0950. The van der Waals surface area contributed by atoms with Gasteiger partial charge in [-0.3, -0.25) is 9.89 Å². The normalized spacial score (nSPS) is 11.3. The van der Waals surface area contributed by atoms with Crippen molar-refractivity contribution in [1.29, 1.82) is 0 Å². The highest BCUT2D eigenvalue weighted by molar-refractivity contribution is 5.94. The van der Waals surface area contributed by atoms with E-state index in [1.165, 1.54) is 16.7 Å². The molecule has 3 rings (SSSR count). The number of carbonyl (C=O) groups is 1. The highest BCUT2D eigenvalue weighted by atomic mass is 16.2. The molecule has 0 spiro atoms. The highest BCUT2D eigenvalue weighted by Crippen LogP contribution is 2.21. The van der Waals surface area contributed by atoms with Gasteiger partial charge in [-0.15, -0.1) is 0 Å². The predicted molar refractivity (Wildman–Crippen MR) is 109 cm³/mol. The molecule has 27 heavy (non-hydrogen) atoms. The molecular formula is C22H24N4O. The zero-order valence-corrected chi connectivity index (χ0v) is 16.1. The Morgan fingerprint density at radius 2 is 1.81 bits per heavy atom. The van der Waals surface area contributed by atoms with Crippen LogP contribution in [0.2, 0.25) is 0 Å². The van der Waals surface area contributed by atoms with E-state index in [2.05, 4.69) is 66.6 Å². The van der Waals surface area contributed by atoms with Gasteiger partial charge < -0.3 is 0 Å². The van der Waals surface area contributed by atoms with Crippen LogP contribution in [-0.4, -0.2) is 22.3 Å². The fourth-order valence-corrected chi connectivity index (χ4v) is 2.68. The van der Waals surface area contributed by atoms with E-state index in [-0.39, 0.29) is 5.91 Å². The van der Waals surface area contributed by atoms with Gasteiger partial charge in [-0.25, -0.2) is 5.43 Å². The minimum atomic E-state index is -0.326. The van der Waals surface area contributed by atoms with Gasteiger partial charge in [0.05, 0.1) is 11.9 Å². The van der Waals surface area contributed by atoms with Crippen LogP contribution in [-0.2, 0) is 0 Å². The summed E-state index contributed by atoms with van der Waals surface area (Å²) in [4.78, 5) is 12.2. The number of aromatic amines is 1. The summed E-state index contributed by atoms with van der Waals surface area (Å²) >= 11 is 0. The first-order valence-electron chi connectivity index (χ1n) is 9.00. The van der Waals surface area contributed by atoms with Crippen molar-refractivity contribution in [2.75, 3.05) is 0 Å². The topological polar surface area (TPSA) is 70.1 Å². The molecule has 0 bridgehead atoms. The summed E-state index contributed by atoms with van der Waals surface area (Å²) in [5.41, 5.74) is 9.22. The molecule has 2 N–H and O–H groups in total. The standard InChI is InChI=1S/C22H24N4O/c1-14(2)18-9-6-17(7-10-18)13-23-26-22(27)21-12-20(24-25-21)19-8-5-15(3)16(4)11-19/h5-14H,1-4H3,(H,24,25)(H,26,27)/b23-13-. The third-order valence-electron chi connectivity index (χ3n) is 4.61. The third kappa shape index (κ3) is 4.50. The van der Waals surface area contributed by atoms with Crippen molar-refractivity contribution >= 4 is 12.1 Å². The van der Waals surface area contributed by atoms with Crippen LogP contribution in [0.25, 0.3) is 11.3 Å². The summed E-state index contributed by atoms with van der Waals surface area (Å²) in [5.74, 6) is 0.162. The number of hydrazone groups is 1. The lowest BCUT2D eigenvalue weighted by atomic mass is 10.0. The summed E-state index contributed by atoms with van der Waals surface area (Å²) in [6.45, 7) is 8.43. The number of amides is 1. The lowest BCUT2D eigenvalue weighted by Crippen LogP contribution is -2.18. The lowest BCUT2D eigenvalue weighted by Gasteiger charge is -2.04. The summed E-state index contributed by atoms with van der Waals surface area (Å²) in [5, 5.41) is 11.0. The number of benzene rings is 2. The minimum absolute atomic E-state index is 0.326. The van der Waals surface area contributed by atoms with Gasteiger partial charge in [-0.1, -0.05) is 50.2 Å². The van der Waals surface area contributed by atoms with Gasteiger partial charge in [0, 0.05) is 5.56 Å². The van der Waals surface area contributed by atoms with Gasteiger partial charge in [0.2, 0.25) is 0 Å². The molecule has 0 aliphatic rings. The van der Waals surface area contributed by atoms with Crippen molar-refractivity contribution in [3.63, 3.8) is 0 Å². The van der Waals surface area contributed by atoms with Crippen molar-refractivity contribution in [1.82, 2.24) is 15.6 Å². The number of hydrogen-bond acceptors (Lipinski definition) is 3. The van der Waals surface area contributed by atoms with Crippen LogP contribution >= 0.6 is 0 Å². The quantitative estimate of drug-likeness (QED) is 0.516. The Bertz CT molecular complexity index is 968. The molecule has 0 atom stereocenters. The Kier molecular flexibility index (Phi) is 5.50. The van der Waals surface area contributed by atoms with Gasteiger partial charge in [0.1, 0.15) is 5.69 Å². The molecule has 0 saturated carbocycles. The number of rotatable bonds is 5. The first-order valence-corrected chi connectivity index (χ1v) is 9.00. The number of carbonyl (C=O) groups excluding carboxylic acids is 1. The second-order valence-corrected chi connectivity index (χ2v) is 6.99. The van der Waals surface area contributed by atoms with Crippen molar-refractivity contribution in [3.8, 4) is 11.3 Å². The average molecular weight is 360 g/mol. The SMILES string of the molecule is Cc1ccc(-c2cc(C(=O)N/N=C\c3ccc(C(C)C)cc3)[nH]n2)cc1C. The molecular weight excluding hydrogens is 336 g/mol. The second kappa shape index (κ2) is 7.99. The zero-order valence-electron chi connectivity index (χ0n) is 16.1. The number of aryl methyl sites for hydroxylation is 2. The molecule has 0 radical (unpaired) electrons. The van der Waals surface area contributed by atoms with Crippen LogP contribution in [0.5, 0.6) is 0 Å². The van der Waals surface area contributed by atoms with E-state index in [0.29, 0.717) is 11.6 Å². The van der Waals surface area contributed by atoms with Gasteiger partial charge in [0.15, 0.2) is 0 Å². The zero-order chi connectivity index (χ0) is 19.4. The maximum Gasteiger partial charge on any atom is 0.289 e. The average Bonchev–Trinajstić information content (AvgIpc) is 3.14. The number of hydrogen-bond donors (Lipinski definition) is 2. The van der Waals surface area contributed by atoms with Crippen molar-refractivity contribution in [2.24, 2.45) is 5.10 Å². The fourth-order valence-electron chi connectivity index (χ4n) is 2.68. The van der Waals surface area contributed by atoms with Crippen molar-refractivity contribution < 1.29 is 4.79 Å². The van der Waals surface area contributed by atoms with Crippen LogP contribution in [0.3, 0.4) is 0 Å². The second-order valence-electron chi connectivity index (χ2n) is 6.99. The van der Waals surface area contributed by atoms with Crippen LogP contribution < -0.4 is 5.43 Å². The molecule has 0 unspecified atom stereocenters. The predicted octanol–water partition coefficient (Wildman–Crippen LogP) is 4.58. The molecule has 0 aliphatic heterocycles. The summed E-state index contributed by atoms with van der Waals surface area (Å²) < 4.78 is 0. The molecule has 0 aliphatic carbocycles. The number of nitrogens with one attached hydrogen (secondary N) is 2. The monoisotopic (exact) mass is 360 g/mol. The summed E-state index contributed by atoms with van der Waals surface area (Å²) in [6, 6.07) is 15.9. The van der Waals surface area contributed by atoms with Gasteiger partial charge in [-0.05, 0) is 54.2 Å². The Balaban J connectivity index is 1.64. The van der Waals surface area contributed by atoms with Gasteiger partial charge >= 0.3 is 0 Å². The Hall–Kier alpha value is -3.21. The van der Waals surface area contributed by atoms with Crippen LogP contribution in [0.15, 0.2) is 53.6 Å². The highest BCUT2D eigenvalue weighted by Gasteiger charge is 2.10. The number of aromatic nitrogens is 2. The third-order valence-corrected chi connectivity index (χ3v) is 4.61. The first kappa shape index (κ1) is 18.6. The minimum Gasteiger partial charge on any atom is -0.272 e. The molecule has 3 aromatic rings. The molecule has 1 heterocycles. The first-order chi connectivity index (χ1) is 12.9. The molecule has 138 valence electrons. The van der Waals surface area contributed by atoms with Gasteiger partial charge in [0.25, 0.3) is 5.91 Å². The van der Waals surface area contributed by atoms with E-state index >= 15 is 0 Å². The fraction of sp³-hybridized carbons (Fsp3) is 0.227. The molecule has 1 aromatic heterocycles.